The third-order valence-electron chi connectivity index (χ3n) is 4.34. The molecule has 1 aromatic carbocycles. The third-order valence-corrected chi connectivity index (χ3v) is 6.80. The SMILES string of the molecule is O=C(COc1ccc2occ(-c3ccsc3)c2c1)NC1CCS(=O)(=O)C1. The van der Waals surface area contributed by atoms with Crippen molar-refractivity contribution < 1.29 is 22.4 Å². The maximum absolute atomic E-state index is 12.0. The first-order valence-corrected chi connectivity index (χ1v) is 10.9. The Balaban J connectivity index is 1.43. The fraction of sp³-hybridized carbons (Fsp3) is 0.278. The standard InChI is InChI=1S/C18H17NO5S2/c20-18(19-13-4-6-26(21,22)11-13)9-23-14-1-2-17-15(7-14)16(8-24-17)12-3-5-25-10-12/h1-3,5,7-8,10,13H,4,6,9,11H2,(H,19,20). The summed E-state index contributed by atoms with van der Waals surface area (Å²) >= 11 is 1.61. The summed E-state index contributed by atoms with van der Waals surface area (Å²) in [6, 6.07) is 7.10. The highest BCUT2D eigenvalue weighted by Crippen LogP contribution is 2.34. The van der Waals surface area contributed by atoms with E-state index in [1.54, 1.807) is 23.7 Å². The van der Waals surface area contributed by atoms with Crippen LogP contribution in [0.2, 0.25) is 0 Å². The van der Waals surface area contributed by atoms with Crippen LogP contribution in [0.1, 0.15) is 6.42 Å². The van der Waals surface area contributed by atoms with Gasteiger partial charge in [0.05, 0.1) is 17.8 Å². The number of fused-ring (bicyclic) bond motifs is 1. The molecule has 3 aromatic rings. The van der Waals surface area contributed by atoms with Crippen LogP contribution >= 0.6 is 11.3 Å². The Hall–Kier alpha value is -2.32. The average Bonchev–Trinajstić information content (AvgIpc) is 3.32. The van der Waals surface area contributed by atoms with Gasteiger partial charge in [0.1, 0.15) is 11.3 Å². The number of benzene rings is 1. The van der Waals surface area contributed by atoms with Gasteiger partial charge in [0.25, 0.3) is 5.91 Å². The summed E-state index contributed by atoms with van der Waals surface area (Å²) in [6.07, 6.45) is 2.17. The van der Waals surface area contributed by atoms with Gasteiger partial charge in [-0.2, -0.15) is 11.3 Å². The number of carbonyl (C=O) groups excluding carboxylic acids is 1. The van der Waals surface area contributed by atoms with Crippen molar-refractivity contribution in [3.8, 4) is 16.9 Å². The maximum Gasteiger partial charge on any atom is 0.258 e. The van der Waals surface area contributed by atoms with Crippen molar-refractivity contribution in [3.05, 3.63) is 41.3 Å². The van der Waals surface area contributed by atoms with Crippen LogP contribution in [0.25, 0.3) is 22.1 Å². The average molecular weight is 391 g/mol. The molecule has 0 bridgehead atoms. The van der Waals surface area contributed by atoms with Crippen molar-refractivity contribution >= 4 is 38.1 Å². The molecule has 3 heterocycles. The highest BCUT2D eigenvalue weighted by atomic mass is 32.2. The van der Waals surface area contributed by atoms with Crippen LogP contribution in [0.4, 0.5) is 0 Å². The lowest BCUT2D eigenvalue weighted by Gasteiger charge is -2.11. The Kier molecular flexibility index (Phi) is 4.46. The van der Waals surface area contributed by atoms with E-state index in [2.05, 4.69) is 5.32 Å². The molecule has 0 spiro atoms. The molecule has 1 unspecified atom stereocenters. The fourth-order valence-electron chi connectivity index (χ4n) is 3.07. The molecule has 1 fully saturated rings. The topological polar surface area (TPSA) is 85.6 Å². The van der Waals surface area contributed by atoms with E-state index in [1.165, 1.54) is 0 Å². The maximum atomic E-state index is 12.0. The summed E-state index contributed by atoms with van der Waals surface area (Å²) in [7, 11) is -3.02. The van der Waals surface area contributed by atoms with E-state index in [-0.39, 0.29) is 30.1 Å². The highest BCUT2D eigenvalue weighted by molar-refractivity contribution is 7.91. The van der Waals surface area contributed by atoms with E-state index in [0.29, 0.717) is 12.2 Å². The van der Waals surface area contributed by atoms with Crippen LogP contribution in [0.15, 0.2) is 45.7 Å². The normalized spacial score (nSPS) is 18.8. The van der Waals surface area contributed by atoms with E-state index >= 15 is 0 Å². The van der Waals surface area contributed by atoms with Gasteiger partial charge in [0.15, 0.2) is 16.4 Å². The zero-order valence-corrected chi connectivity index (χ0v) is 15.4. The van der Waals surface area contributed by atoms with Crippen LogP contribution in [0.3, 0.4) is 0 Å². The minimum absolute atomic E-state index is 0.00369. The first kappa shape index (κ1) is 17.1. The monoisotopic (exact) mass is 391 g/mol. The second-order valence-electron chi connectivity index (χ2n) is 6.28. The van der Waals surface area contributed by atoms with Gasteiger partial charge in [-0.25, -0.2) is 8.42 Å². The number of carbonyl (C=O) groups is 1. The van der Waals surface area contributed by atoms with E-state index in [0.717, 1.165) is 22.1 Å². The van der Waals surface area contributed by atoms with E-state index < -0.39 is 9.84 Å². The molecular formula is C18H17NO5S2. The minimum Gasteiger partial charge on any atom is -0.484 e. The molecular weight excluding hydrogens is 374 g/mol. The van der Waals surface area contributed by atoms with Crippen molar-refractivity contribution in [2.75, 3.05) is 18.1 Å². The number of sulfone groups is 1. The van der Waals surface area contributed by atoms with Crippen LogP contribution in [0.5, 0.6) is 5.75 Å². The summed E-state index contributed by atoms with van der Waals surface area (Å²) in [5, 5.41) is 7.67. The summed E-state index contributed by atoms with van der Waals surface area (Å²) in [4.78, 5) is 12.0. The van der Waals surface area contributed by atoms with Crippen molar-refractivity contribution in [2.45, 2.75) is 12.5 Å². The molecule has 1 aliphatic heterocycles. The van der Waals surface area contributed by atoms with E-state index in [1.807, 2.05) is 29.0 Å². The molecule has 0 radical (unpaired) electrons. The van der Waals surface area contributed by atoms with Gasteiger partial charge in [-0.1, -0.05) is 0 Å². The predicted molar refractivity (Wildman–Crippen MR) is 100 cm³/mol. The summed E-state index contributed by atoms with van der Waals surface area (Å²) in [5.41, 5.74) is 2.80. The number of ether oxygens (including phenoxy) is 1. The Labute approximate surface area is 154 Å². The number of nitrogens with one attached hydrogen (secondary N) is 1. The quantitative estimate of drug-likeness (QED) is 0.723. The molecule has 136 valence electrons. The molecule has 2 aromatic heterocycles. The van der Waals surface area contributed by atoms with Crippen LogP contribution < -0.4 is 10.1 Å². The van der Waals surface area contributed by atoms with Gasteiger partial charge in [-0.3, -0.25) is 4.79 Å². The Morgan fingerprint density at radius 1 is 1.35 bits per heavy atom. The first-order valence-electron chi connectivity index (χ1n) is 8.16. The van der Waals surface area contributed by atoms with Crippen molar-refractivity contribution in [3.63, 3.8) is 0 Å². The lowest BCUT2D eigenvalue weighted by Crippen LogP contribution is -2.38. The number of furan rings is 1. The highest BCUT2D eigenvalue weighted by Gasteiger charge is 2.28. The fourth-order valence-corrected chi connectivity index (χ4v) is 5.40. The van der Waals surface area contributed by atoms with Crippen molar-refractivity contribution in [1.82, 2.24) is 5.32 Å². The lowest BCUT2D eigenvalue weighted by atomic mass is 10.1. The predicted octanol–water partition coefficient (Wildman–Crippen LogP) is 2.84. The van der Waals surface area contributed by atoms with Crippen LogP contribution in [0, 0.1) is 0 Å². The largest absolute Gasteiger partial charge is 0.484 e. The Morgan fingerprint density at radius 2 is 2.23 bits per heavy atom. The Bertz CT molecular complexity index is 1040. The number of rotatable bonds is 5. The lowest BCUT2D eigenvalue weighted by molar-refractivity contribution is -0.123. The molecule has 1 aliphatic rings. The number of amides is 1. The zero-order chi connectivity index (χ0) is 18.1. The second-order valence-corrected chi connectivity index (χ2v) is 9.28. The molecule has 8 heteroatoms. The molecule has 1 atom stereocenters. The molecule has 1 amide bonds. The molecule has 1 N–H and O–H groups in total. The van der Waals surface area contributed by atoms with Gasteiger partial charge >= 0.3 is 0 Å². The molecule has 0 aliphatic carbocycles. The minimum atomic E-state index is -3.02. The second kappa shape index (κ2) is 6.77. The van der Waals surface area contributed by atoms with Gasteiger partial charge in [0.2, 0.25) is 0 Å². The first-order chi connectivity index (χ1) is 12.5. The summed E-state index contributed by atoms with van der Waals surface area (Å²) < 4.78 is 34.0. The summed E-state index contributed by atoms with van der Waals surface area (Å²) in [6.45, 7) is -0.159. The zero-order valence-electron chi connectivity index (χ0n) is 13.8. The molecule has 0 saturated carbocycles. The number of thiophene rings is 1. The smallest absolute Gasteiger partial charge is 0.258 e. The molecule has 1 saturated heterocycles. The van der Waals surface area contributed by atoms with Gasteiger partial charge < -0.3 is 14.5 Å². The van der Waals surface area contributed by atoms with Crippen molar-refractivity contribution in [1.29, 1.82) is 0 Å². The van der Waals surface area contributed by atoms with E-state index in [9.17, 15) is 13.2 Å². The van der Waals surface area contributed by atoms with Gasteiger partial charge in [0, 0.05) is 17.0 Å². The van der Waals surface area contributed by atoms with Crippen LogP contribution in [-0.4, -0.2) is 38.5 Å². The number of hydrogen-bond acceptors (Lipinski definition) is 6. The van der Waals surface area contributed by atoms with Crippen molar-refractivity contribution in [2.24, 2.45) is 0 Å². The Morgan fingerprint density at radius 3 is 2.96 bits per heavy atom. The number of hydrogen-bond donors (Lipinski definition) is 1. The van der Waals surface area contributed by atoms with Gasteiger partial charge in [-0.05, 0) is 47.0 Å². The third kappa shape index (κ3) is 3.61. The molecule has 6 nitrogen and oxygen atoms in total. The van der Waals surface area contributed by atoms with Gasteiger partial charge in [-0.15, -0.1) is 0 Å². The summed E-state index contributed by atoms with van der Waals surface area (Å²) in [5.74, 6) is 0.368. The molecule has 4 rings (SSSR count). The molecule has 26 heavy (non-hydrogen) atoms. The van der Waals surface area contributed by atoms with Crippen LogP contribution in [-0.2, 0) is 14.6 Å². The van der Waals surface area contributed by atoms with E-state index in [4.69, 9.17) is 9.15 Å².